The molecule has 7 heteroatoms. The Kier molecular flexibility index (Phi) is 3.20. The summed E-state index contributed by atoms with van der Waals surface area (Å²) < 4.78 is 32.9. The standard InChI is InChI=1S/C11H13F2NO4/c1-6-8(5-15)18-10(11(6,12)13)14-3-2-7(16)4-9(14)17/h2-3,6,8,10,15H,4-5H2,1H3/t6-,8-,10-/m1/s1. The molecule has 0 aliphatic carbocycles. The molecule has 0 saturated carbocycles. The first-order valence-electron chi connectivity index (χ1n) is 5.54. The van der Waals surface area contributed by atoms with E-state index < -0.39 is 48.9 Å². The Labute approximate surface area is 102 Å². The molecule has 3 atom stereocenters. The van der Waals surface area contributed by atoms with E-state index in [1.165, 1.54) is 6.92 Å². The number of hydrogen-bond acceptors (Lipinski definition) is 4. The number of nitrogens with zero attached hydrogens (tertiary/aromatic N) is 1. The molecule has 0 spiro atoms. The molecule has 18 heavy (non-hydrogen) atoms. The highest BCUT2D eigenvalue weighted by Crippen LogP contribution is 2.42. The van der Waals surface area contributed by atoms with Gasteiger partial charge in [0.05, 0.1) is 25.0 Å². The minimum Gasteiger partial charge on any atom is -0.394 e. The molecular formula is C11H13F2NO4. The van der Waals surface area contributed by atoms with E-state index in [9.17, 15) is 18.4 Å². The summed E-state index contributed by atoms with van der Waals surface area (Å²) in [5, 5.41) is 8.96. The summed E-state index contributed by atoms with van der Waals surface area (Å²) in [4.78, 5) is 23.3. The lowest BCUT2D eigenvalue weighted by Crippen LogP contribution is -2.48. The SMILES string of the molecule is C[C@@H]1[C@@H](CO)O[C@@H](N2C=CC(=O)CC2=O)C1(F)F. The van der Waals surface area contributed by atoms with Gasteiger partial charge in [0.25, 0.3) is 5.92 Å². The number of amides is 1. The molecule has 2 heterocycles. The molecule has 1 saturated heterocycles. The van der Waals surface area contributed by atoms with Gasteiger partial charge in [-0.25, -0.2) is 8.78 Å². The molecular weight excluding hydrogens is 248 g/mol. The first-order valence-corrected chi connectivity index (χ1v) is 5.54. The Hall–Kier alpha value is -1.34. The molecule has 0 aromatic carbocycles. The number of aliphatic hydroxyl groups is 1. The number of allylic oxidation sites excluding steroid dienone is 1. The highest BCUT2D eigenvalue weighted by Gasteiger charge is 2.59. The second-order valence-corrected chi connectivity index (χ2v) is 4.43. The quantitative estimate of drug-likeness (QED) is 0.725. The first-order chi connectivity index (χ1) is 8.37. The van der Waals surface area contributed by atoms with Crippen molar-refractivity contribution < 1.29 is 28.2 Å². The first kappa shape index (κ1) is 13.1. The topological polar surface area (TPSA) is 66.8 Å². The molecule has 0 aromatic rings. The van der Waals surface area contributed by atoms with Crippen molar-refractivity contribution in [1.29, 1.82) is 0 Å². The summed E-state index contributed by atoms with van der Waals surface area (Å²) in [7, 11) is 0. The van der Waals surface area contributed by atoms with Crippen LogP contribution in [0.1, 0.15) is 13.3 Å². The second-order valence-electron chi connectivity index (χ2n) is 4.43. The lowest BCUT2D eigenvalue weighted by molar-refractivity contribution is -0.168. The van der Waals surface area contributed by atoms with Gasteiger partial charge in [0.1, 0.15) is 0 Å². The van der Waals surface area contributed by atoms with Gasteiger partial charge in [0.2, 0.25) is 12.1 Å². The van der Waals surface area contributed by atoms with Gasteiger partial charge in [0, 0.05) is 6.20 Å². The van der Waals surface area contributed by atoms with Gasteiger partial charge in [-0.05, 0) is 6.08 Å². The summed E-state index contributed by atoms with van der Waals surface area (Å²) in [6.07, 6.45) is -1.15. The zero-order valence-corrected chi connectivity index (χ0v) is 9.68. The van der Waals surface area contributed by atoms with Crippen LogP contribution in [0.15, 0.2) is 12.3 Å². The number of ketones is 1. The van der Waals surface area contributed by atoms with Crippen molar-refractivity contribution in [2.45, 2.75) is 31.6 Å². The van der Waals surface area contributed by atoms with Crippen molar-refractivity contribution in [2.24, 2.45) is 5.92 Å². The highest BCUT2D eigenvalue weighted by atomic mass is 19.3. The Morgan fingerprint density at radius 1 is 1.56 bits per heavy atom. The third kappa shape index (κ3) is 1.93. The zero-order chi connectivity index (χ0) is 13.5. The molecule has 2 rings (SSSR count). The number of aliphatic hydroxyl groups excluding tert-OH is 1. The van der Waals surface area contributed by atoms with Crippen molar-refractivity contribution in [3.8, 4) is 0 Å². The van der Waals surface area contributed by atoms with E-state index in [0.29, 0.717) is 0 Å². The maximum Gasteiger partial charge on any atom is 0.297 e. The van der Waals surface area contributed by atoms with Crippen molar-refractivity contribution in [3.63, 3.8) is 0 Å². The van der Waals surface area contributed by atoms with Gasteiger partial charge in [-0.15, -0.1) is 0 Å². The van der Waals surface area contributed by atoms with Crippen LogP contribution >= 0.6 is 0 Å². The van der Waals surface area contributed by atoms with E-state index in [-0.39, 0.29) is 0 Å². The van der Waals surface area contributed by atoms with Crippen LogP contribution in [0.25, 0.3) is 0 Å². The smallest absolute Gasteiger partial charge is 0.297 e. The average Bonchev–Trinajstić information content (AvgIpc) is 2.52. The van der Waals surface area contributed by atoms with Gasteiger partial charge in [0.15, 0.2) is 5.78 Å². The van der Waals surface area contributed by atoms with Crippen LogP contribution in [0.2, 0.25) is 0 Å². The maximum absolute atomic E-state index is 13.9. The number of alkyl halides is 2. The molecule has 1 fully saturated rings. The fourth-order valence-corrected chi connectivity index (χ4v) is 2.05. The Bertz CT molecular complexity index is 410. The fourth-order valence-electron chi connectivity index (χ4n) is 2.05. The van der Waals surface area contributed by atoms with Gasteiger partial charge in [-0.3, -0.25) is 14.5 Å². The summed E-state index contributed by atoms with van der Waals surface area (Å²) >= 11 is 0. The summed E-state index contributed by atoms with van der Waals surface area (Å²) in [5.74, 6) is -5.62. The lowest BCUT2D eigenvalue weighted by atomic mass is 9.99. The summed E-state index contributed by atoms with van der Waals surface area (Å²) in [6, 6.07) is 0. The van der Waals surface area contributed by atoms with Crippen molar-refractivity contribution in [2.75, 3.05) is 6.61 Å². The Morgan fingerprint density at radius 2 is 2.22 bits per heavy atom. The predicted octanol–water partition coefficient (Wildman–Crippen LogP) is 0.290. The highest BCUT2D eigenvalue weighted by molar-refractivity contribution is 6.06. The molecule has 100 valence electrons. The van der Waals surface area contributed by atoms with Crippen LogP contribution in [-0.4, -0.2) is 46.6 Å². The van der Waals surface area contributed by atoms with E-state index >= 15 is 0 Å². The number of carbonyl (C=O) groups is 2. The van der Waals surface area contributed by atoms with Crippen LogP contribution in [0, 0.1) is 5.92 Å². The molecule has 0 radical (unpaired) electrons. The molecule has 1 N–H and O–H groups in total. The van der Waals surface area contributed by atoms with Gasteiger partial charge in [-0.1, -0.05) is 6.92 Å². The molecule has 2 aliphatic heterocycles. The molecule has 5 nitrogen and oxygen atoms in total. The van der Waals surface area contributed by atoms with Crippen LogP contribution in [0.5, 0.6) is 0 Å². The lowest BCUT2D eigenvalue weighted by Gasteiger charge is -2.30. The number of ether oxygens (including phenoxy) is 1. The largest absolute Gasteiger partial charge is 0.394 e. The maximum atomic E-state index is 13.9. The van der Waals surface area contributed by atoms with Crippen molar-refractivity contribution in [1.82, 2.24) is 4.90 Å². The van der Waals surface area contributed by atoms with Gasteiger partial charge < -0.3 is 9.84 Å². The summed E-state index contributed by atoms with van der Waals surface area (Å²) in [6.45, 7) is 0.710. The van der Waals surface area contributed by atoms with Crippen molar-refractivity contribution in [3.05, 3.63) is 12.3 Å². The minimum absolute atomic E-state index is 0.427. The Morgan fingerprint density at radius 3 is 2.72 bits per heavy atom. The third-order valence-electron chi connectivity index (χ3n) is 3.26. The van der Waals surface area contributed by atoms with E-state index in [1.807, 2.05) is 0 Å². The molecule has 0 unspecified atom stereocenters. The third-order valence-corrected chi connectivity index (χ3v) is 3.26. The van der Waals surface area contributed by atoms with E-state index in [0.717, 1.165) is 17.2 Å². The van der Waals surface area contributed by atoms with Crippen LogP contribution in [0.4, 0.5) is 8.78 Å². The van der Waals surface area contributed by atoms with Crippen molar-refractivity contribution >= 4 is 11.7 Å². The van der Waals surface area contributed by atoms with Gasteiger partial charge >= 0.3 is 0 Å². The average molecular weight is 261 g/mol. The summed E-state index contributed by atoms with van der Waals surface area (Å²) in [5.41, 5.74) is 0. The molecule has 0 bridgehead atoms. The van der Waals surface area contributed by atoms with Crippen LogP contribution in [0.3, 0.4) is 0 Å². The normalized spacial score (nSPS) is 35.3. The van der Waals surface area contributed by atoms with Gasteiger partial charge in [-0.2, -0.15) is 0 Å². The monoisotopic (exact) mass is 261 g/mol. The molecule has 2 aliphatic rings. The second kappa shape index (κ2) is 4.40. The Balaban J connectivity index is 2.26. The van der Waals surface area contributed by atoms with E-state index in [2.05, 4.69) is 0 Å². The predicted molar refractivity (Wildman–Crippen MR) is 55.5 cm³/mol. The molecule has 0 aromatic heterocycles. The fraction of sp³-hybridized carbons (Fsp3) is 0.636. The van der Waals surface area contributed by atoms with Crippen LogP contribution < -0.4 is 0 Å². The number of halogens is 2. The number of hydrogen-bond donors (Lipinski definition) is 1. The number of rotatable bonds is 2. The van der Waals surface area contributed by atoms with Crippen LogP contribution in [-0.2, 0) is 14.3 Å². The van der Waals surface area contributed by atoms with E-state index in [1.54, 1.807) is 0 Å². The number of carbonyl (C=O) groups excluding carboxylic acids is 2. The van der Waals surface area contributed by atoms with E-state index in [4.69, 9.17) is 9.84 Å². The molecule has 1 amide bonds. The minimum atomic E-state index is -3.27. The zero-order valence-electron chi connectivity index (χ0n) is 9.68.